The summed E-state index contributed by atoms with van der Waals surface area (Å²) in [7, 11) is 0. The van der Waals surface area contributed by atoms with Crippen LogP contribution >= 0.6 is 0 Å². The van der Waals surface area contributed by atoms with Crippen LogP contribution < -0.4 is 0 Å². The SMILES string of the molecule is [CH2]CC1C[CH]C(OCC(F)(F)C(F)(F)C(F)(F)F)C1. The Hall–Kier alpha value is -0.530. The van der Waals surface area contributed by atoms with Gasteiger partial charge in [0, 0.05) is 0 Å². The summed E-state index contributed by atoms with van der Waals surface area (Å²) < 4.78 is 90.9. The molecular weight excluding hydrogens is 281 g/mol. The molecule has 0 saturated heterocycles. The highest BCUT2D eigenvalue weighted by atomic mass is 19.4. The Balaban J connectivity index is 2.56. The van der Waals surface area contributed by atoms with Crippen LogP contribution in [0.1, 0.15) is 19.3 Å². The van der Waals surface area contributed by atoms with Crippen molar-refractivity contribution in [2.24, 2.45) is 5.92 Å². The van der Waals surface area contributed by atoms with E-state index in [2.05, 4.69) is 11.7 Å². The second kappa shape index (κ2) is 5.46. The van der Waals surface area contributed by atoms with E-state index in [9.17, 15) is 30.7 Å². The van der Waals surface area contributed by atoms with Gasteiger partial charge in [0.1, 0.15) is 6.61 Å². The highest BCUT2D eigenvalue weighted by Gasteiger charge is 2.73. The number of alkyl halides is 7. The van der Waals surface area contributed by atoms with Gasteiger partial charge in [-0.2, -0.15) is 30.7 Å². The summed E-state index contributed by atoms with van der Waals surface area (Å²) >= 11 is 0. The van der Waals surface area contributed by atoms with Gasteiger partial charge in [-0.3, -0.25) is 0 Å². The summed E-state index contributed by atoms with van der Waals surface area (Å²) in [4.78, 5) is 0. The third kappa shape index (κ3) is 3.52. The molecule has 0 aromatic rings. The Kier molecular flexibility index (Phi) is 4.75. The molecule has 1 saturated carbocycles. The zero-order valence-corrected chi connectivity index (χ0v) is 9.82. The Morgan fingerprint density at radius 1 is 1.11 bits per heavy atom. The van der Waals surface area contributed by atoms with Gasteiger partial charge >= 0.3 is 18.0 Å². The predicted octanol–water partition coefficient (Wildman–Crippen LogP) is 4.04. The van der Waals surface area contributed by atoms with Crippen molar-refractivity contribution in [1.29, 1.82) is 0 Å². The van der Waals surface area contributed by atoms with E-state index in [0.717, 1.165) is 0 Å². The molecule has 0 spiro atoms. The topological polar surface area (TPSA) is 9.23 Å². The van der Waals surface area contributed by atoms with E-state index in [1.54, 1.807) is 0 Å². The monoisotopic (exact) mass is 294 g/mol. The van der Waals surface area contributed by atoms with Crippen LogP contribution in [0.4, 0.5) is 30.7 Å². The smallest absolute Gasteiger partial charge is 0.371 e. The Morgan fingerprint density at radius 3 is 2.11 bits per heavy atom. The van der Waals surface area contributed by atoms with E-state index in [-0.39, 0.29) is 5.92 Å². The average Bonchev–Trinajstić information content (AvgIpc) is 2.72. The molecule has 0 aromatic carbocycles. The maximum absolute atomic E-state index is 12.9. The molecule has 1 nitrogen and oxygen atoms in total. The Morgan fingerprint density at radius 2 is 1.68 bits per heavy atom. The molecule has 0 amide bonds. The van der Waals surface area contributed by atoms with E-state index in [1.165, 1.54) is 6.42 Å². The van der Waals surface area contributed by atoms with Crippen LogP contribution in [0.15, 0.2) is 0 Å². The lowest BCUT2D eigenvalue weighted by molar-refractivity contribution is -0.362. The number of hydrogen-bond donors (Lipinski definition) is 0. The van der Waals surface area contributed by atoms with E-state index < -0.39 is 30.7 Å². The van der Waals surface area contributed by atoms with Gasteiger partial charge in [0.25, 0.3) is 0 Å². The molecule has 0 N–H and O–H groups in total. The van der Waals surface area contributed by atoms with Crippen molar-refractivity contribution < 1.29 is 35.5 Å². The van der Waals surface area contributed by atoms with Gasteiger partial charge in [0.15, 0.2) is 0 Å². The maximum atomic E-state index is 12.9. The molecule has 1 aliphatic rings. The van der Waals surface area contributed by atoms with Crippen LogP contribution in [0, 0.1) is 19.3 Å². The van der Waals surface area contributed by atoms with Gasteiger partial charge in [-0.05, 0) is 25.2 Å². The van der Waals surface area contributed by atoms with E-state index in [0.29, 0.717) is 19.3 Å². The highest BCUT2D eigenvalue weighted by molar-refractivity contribution is 4.94. The minimum atomic E-state index is -6.31. The Labute approximate surface area is 106 Å². The van der Waals surface area contributed by atoms with Crippen molar-refractivity contribution in [1.82, 2.24) is 0 Å². The van der Waals surface area contributed by atoms with Crippen LogP contribution in [0.25, 0.3) is 0 Å². The molecule has 112 valence electrons. The molecule has 2 unspecified atom stereocenters. The first-order valence-electron chi connectivity index (χ1n) is 5.58. The minimum absolute atomic E-state index is 0.0850. The predicted molar refractivity (Wildman–Crippen MR) is 52.7 cm³/mol. The molecule has 0 aromatic heterocycles. The van der Waals surface area contributed by atoms with Crippen LogP contribution in [0.5, 0.6) is 0 Å². The zero-order chi connectivity index (χ0) is 14.9. The van der Waals surface area contributed by atoms with Gasteiger partial charge in [-0.1, -0.05) is 13.3 Å². The molecule has 0 heterocycles. The second-order valence-electron chi connectivity index (χ2n) is 4.49. The molecule has 2 atom stereocenters. The second-order valence-corrected chi connectivity index (χ2v) is 4.49. The standard InChI is InChI=1S/C11H13F7O/c1-2-7-3-4-8(5-7)19-6-9(12,13)10(14,15)11(16,17)18/h4,7-8H,1-3,5-6H2. The molecule has 19 heavy (non-hydrogen) atoms. The lowest BCUT2D eigenvalue weighted by Gasteiger charge is -2.28. The molecular formula is C11H13F7O. The molecule has 1 fully saturated rings. The van der Waals surface area contributed by atoms with Crippen LogP contribution in [0.2, 0.25) is 0 Å². The van der Waals surface area contributed by atoms with Crippen molar-refractivity contribution in [2.75, 3.05) is 6.61 Å². The van der Waals surface area contributed by atoms with Crippen molar-refractivity contribution in [2.45, 2.75) is 43.4 Å². The first-order chi connectivity index (χ1) is 8.51. The van der Waals surface area contributed by atoms with Crippen LogP contribution in [0.3, 0.4) is 0 Å². The Bertz CT molecular complexity index is 300. The number of halogens is 7. The zero-order valence-electron chi connectivity index (χ0n) is 9.82. The van der Waals surface area contributed by atoms with Crippen molar-refractivity contribution in [3.05, 3.63) is 13.3 Å². The molecule has 1 aliphatic carbocycles. The van der Waals surface area contributed by atoms with E-state index in [4.69, 9.17) is 0 Å². The largest absolute Gasteiger partial charge is 0.459 e. The number of rotatable bonds is 5. The summed E-state index contributed by atoms with van der Waals surface area (Å²) in [6.07, 6.45) is -4.31. The lowest BCUT2D eigenvalue weighted by Crippen LogP contribution is -2.54. The summed E-state index contributed by atoms with van der Waals surface area (Å²) in [5.41, 5.74) is 0. The first-order valence-corrected chi connectivity index (χ1v) is 5.58. The molecule has 1 rings (SSSR count). The summed E-state index contributed by atoms with van der Waals surface area (Å²) in [5.74, 6) is -11.3. The van der Waals surface area contributed by atoms with E-state index in [1.807, 2.05) is 0 Å². The van der Waals surface area contributed by atoms with E-state index >= 15 is 0 Å². The maximum Gasteiger partial charge on any atom is 0.459 e. The first kappa shape index (κ1) is 16.5. The van der Waals surface area contributed by atoms with Gasteiger partial charge in [0.2, 0.25) is 0 Å². The average molecular weight is 294 g/mol. The summed E-state index contributed by atoms with van der Waals surface area (Å²) in [5, 5.41) is 0. The van der Waals surface area contributed by atoms with Gasteiger partial charge in [0.05, 0.1) is 6.10 Å². The summed E-state index contributed by atoms with van der Waals surface area (Å²) in [6.45, 7) is 1.62. The highest BCUT2D eigenvalue weighted by Crippen LogP contribution is 2.46. The fraction of sp³-hybridized carbons (Fsp3) is 0.818. The third-order valence-corrected chi connectivity index (χ3v) is 3.00. The van der Waals surface area contributed by atoms with Gasteiger partial charge in [-0.25, -0.2) is 0 Å². The fourth-order valence-corrected chi connectivity index (χ4v) is 1.75. The molecule has 2 radical (unpaired) electrons. The van der Waals surface area contributed by atoms with Gasteiger partial charge in [-0.15, -0.1) is 0 Å². The van der Waals surface area contributed by atoms with Crippen molar-refractivity contribution in [3.8, 4) is 0 Å². The van der Waals surface area contributed by atoms with Crippen LogP contribution in [-0.4, -0.2) is 30.7 Å². The fourth-order valence-electron chi connectivity index (χ4n) is 1.75. The molecule has 8 heteroatoms. The van der Waals surface area contributed by atoms with Crippen LogP contribution in [-0.2, 0) is 4.74 Å². The van der Waals surface area contributed by atoms with Crippen molar-refractivity contribution >= 4 is 0 Å². The lowest BCUT2D eigenvalue weighted by atomic mass is 10.1. The normalized spacial score (nSPS) is 25.9. The summed E-state index contributed by atoms with van der Waals surface area (Å²) in [6, 6.07) is 0. The van der Waals surface area contributed by atoms with Gasteiger partial charge < -0.3 is 4.74 Å². The number of hydrogen-bond acceptors (Lipinski definition) is 1. The molecule has 0 bridgehead atoms. The number of ether oxygens (including phenoxy) is 1. The quantitative estimate of drug-likeness (QED) is 0.695. The minimum Gasteiger partial charge on any atom is -0.371 e. The molecule has 0 aliphatic heterocycles. The van der Waals surface area contributed by atoms with Crippen molar-refractivity contribution in [3.63, 3.8) is 0 Å². The third-order valence-electron chi connectivity index (χ3n) is 3.00.